The summed E-state index contributed by atoms with van der Waals surface area (Å²) in [4.78, 5) is 8.62. The molecular formula is C18H38N4. The Labute approximate surface area is 138 Å². The van der Waals surface area contributed by atoms with Gasteiger partial charge in [0, 0.05) is 26.2 Å². The van der Waals surface area contributed by atoms with Crippen LogP contribution < -0.4 is 10.6 Å². The van der Waals surface area contributed by atoms with Gasteiger partial charge in [0.05, 0.1) is 12.7 Å². The third-order valence-electron chi connectivity index (χ3n) is 3.60. The van der Waals surface area contributed by atoms with Crippen LogP contribution in [-0.4, -0.2) is 38.9 Å². The molecule has 4 heteroatoms. The number of aliphatic imine (C=N–C) groups is 2. The molecule has 0 aromatic heterocycles. The largest absolute Gasteiger partial charge is 0.377 e. The zero-order valence-corrected chi connectivity index (χ0v) is 14.9. The van der Waals surface area contributed by atoms with Crippen molar-refractivity contribution in [1.29, 1.82) is 0 Å². The van der Waals surface area contributed by atoms with Gasteiger partial charge in [-0.15, -0.1) is 0 Å². The summed E-state index contributed by atoms with van der Waals surface area (Å²) >= 11 is 0. The van der Waals surface area contributed by atoms with Crippen molar-refractivity contribution in [3.05, 3.63) is 0 Å². The van der Waals surface area contributed by atoms with Crippen LogP contribution in [0.4, 0.5) is 0 Å². The smallest absolute Gasteiger partial charge is 0.0823 e. The van der Waals surface area contributed by atoms with Crippen molar-refractivity contribution in [2.24, 2.45) is 9.98 Å². The van der Waals surface area contributed by atoms with Crippen molar-refractivity contribution in [3.8, 4) is 0 Å². The second-order valence-electron chi connectivity index (χ2n) is 5.72. The van der Waals surface area contributed by atoms with E-state index < -0.39 is 0 Å². The number of unbranched alkanes of at least 4 members (excludes halogenated alkanes) is 9. The topological polar surface area (TPSA) is 48.8 Å². The van der Waals surface area contributed by atoms with Gasteiger partial charge in [0.15, 0.2) is 0 Å². The van der Waals surface area contributed by atoms with E-state index in [1.807, 2.05) is 12.7 Å². The summed E-state index contributed by atoms with van der Waals surface area (Å²) in [5, 5.41) is 6.20. The Kier molecular flexibility index (Phi) is 19.0. The summed E-state index contributed by atoms with van der Waals surface area (Å²) in [7, 11) is 0. The van der Waals surface area contributed by atoms with Crippen molar-refractivity contribution in [2.45, 2.75) is 78.1 Å². The lowest BCUT2D eigenvalue weighted by atomic mass is 10.1. The van der Waals surface area contributed by atoms with Gasteiger partial charge in [-0.25, -0.2) is 0 Å². The quantitative estimate of drug-likeness (QED) is 0.241. The van der Waals surface area contributed by atoms with Crippen molar-refractivity contribution in [1.82, 2.24) is 10.6 Å². The summed E-state index contributed by atoms with van der Waals surface area (Å²) < 4.78 is 0. The molecule has 2 N–H and O–H groups in total. The summed E-state index contributed by atoms with van der Waals surface area (Å²) in [6, 6.07) is 0. The van der Waals surface area contributed by atoms with E-state index in [0.717, 1.165) is 26.2 Å². The molecule has 0 fully saturated rings. The van der Waals surface area contributed by atoms with Crippen LogP contribution in [0.1, 0.15) is 78.1 Å². The fraction of sp³-hybridized carbons (Fsp3) is 0.889. The normalized spacial score (nSPS) is 11.5. The van der Waals surface area contributed by atoms with E-state index in [4.69, 9.17) is 0 Å². The van der Waals surface area contributed by atoms with Crippen LogP contribution in [0.2, 0.25) is 0 Å². The lowest BCUT2D eigenvalue weighted by molar-refractivity contribution is 0.554. The first-order valence-electron chi connectivity index (χ1n) is 9.35. The molecule has 0 spiro atoms. The predicted octanol–water partition coefficient (Wildman–Crippen LogP) is 4.16. The van der Waals surface area contributed by atoms with Crippen LogP contribution in [0.5, 0.6) is 0 Å². The molecule has 0 rings (SSSR count). The molecular weight excluding hydrogens is 272 g/mol. The van der Waals surface area contributed by atoms with Crippen molar-refractivity contribution in [2.75, 3.05) is 26.2 Å². The molecule has 0 heterocycles. The van der Waals surface area contributed by atoms with Crippen molar-refractivity contribution >= 4 is 12.7 Å². The van der Waals surface area contributed by atoms with Crippen molar-refractivity contribution in [3.63, 3.8) is 0 Å². The Bertz CT molecular complexity index is 225. The number of nitrogens with zero attached hydrogens (tertiary/aromatic N) is 2. The Morgan fingerprint density at radius 2 is 0.864 bits per heavy atom. The minimum Gasteiger partial charge on any atom is -0.377 e. The molecule has 0 saturated heterocycles. The van der Waals surface area contributed by atoms with E-state index in [1.54, 1.807) is 0 Å². The zero-order valence-electron chi connectivity index (χ0n) is 14.9. The first-order valence-corrected chi connectivity index (χ1v) is 9.35. The number of rotatable bonds is 17. The molecule has 0 amide bonds. The number of hydrogen-bond donors (Lipinski definition) is 2. The Balaban J connectivity index is 3.02. The van der Waals surface area contributed by atoms with Gasteiger partial charge in [-0.05, 0) is 26.7 Å². The monoisotopic (exact) mass is 310 g/mol. The molecule has 130 valence electrons. The Morgan fingerprint density at radius 3 is 1.18 bits per heavy atom. The molecule has 22 heavy (non-hydrogen) atoms. The van der Waals surface area contributed by atoms with Gasteiger partial charge >= 0.3 is 0 Å². The van der Waals surface area contributed by atoms with E-state index in [-0.39, 0.29) is 0 Å². The first kappa shape index (κ1) is 20.9. The predicted molar refractivity (Wildman–Crippen MR) is 100 cm³/mol. The molecule has 0 aromatic carbocycles. The van der Waals surface area contributed by atoms with Crippen LogP contribution in [0.3, 0.4) is 0 Å². The fourth-order valence-corrected chi connectivity index (χ4v) is 2.26. The molecule has 0 bridgehead atoms. The Hall–Kier alpha value is -1.06. The van der Waals surface area contributed by atoms with Gasteiger partial charge < -0.3 is 10.6 Å². The van der Waals surface area contributed by atoms with Crippen LogP contribution in [0.25, 0.3) is 0 Å². The lowest BCUT2D eigenvalue weighted by Crippen LogP contribution is -2.09. The highest BCUT2D eigenvalue weighted by Gasteiger charge is 1.93. The van der Waals surface area contributed by atoms with Gasteiger partial charge in [0.25, 0.3) is 0 Å². The van der Waals surface area contributed by atoms with E-state index in [0.29, 0.717) is 0 Å². The highest BCUT2D eigenvalue weighted by atomic mass is 14.9. The minimum atomic E-state index is 0.965. The maximum atomic E-state index is 4.31. The summed E-state index contributed by atoms with van der Waals surface area (Å²) in [6.07, 6.45) is 17.1. The van der Waals surface area contributed by atoms with E-state index in [2.05, 4.69) is 34.5 Å². The van der Waals surface area contributed by atoms with E-state index in [1.165, 1.54) is 64.2 Å². The third kappa shape index (κ3) is 18.9. The first-order chi connectivity index (χ1) is 10.9. The molecule has 0 aliphatic carbocycles. The van der Waals surface area contributed by atoms with Gasteiger partial charge in [0.2, 0.25) is 0 Å². The highest BCUT2D eigenvalue weighted by molar-refractivity contribution is 5.54. The second kappa shape index (κ2) is 19.9. The summed E-state index contributed by atoms with van der Waals surface area (Å²) in [5.41, 5.74) is 0. The molecule has 0 aliphatic heterocycles. The Morgan fingerprint density at radius 1 is 0.545 bits per heavy atom. The fourth-order valence-electron chi connectivity index (χ4n) is 2.26. The standard InChI is InChI=1S/C18H38N4/c1-3-19-17-21-15-13-11-9-7-5-6-8-10-12-14-16-22-18-20-4-2/h17-18H,3-16H2,1-2H3,(H,19,21)(H,20,22). The van der Waals surface area contributed by atoms with E-state index >= 15 is 0 Å². The summed E-state index contributed by atoms with van der Waals surface area (Å²) in [6.45, 7) is 8.06. The average Bonchev–Trinajstić information content (AvgIpc) is 2.54. The minimum absolute atomic E-state index is 0.965. The van der Waals surface area contributed by atoms with Gasteiger partial charge in [-0.2, -0.15) is 0 Å². The van der Waals surface area contributed by atoms with Crippen molar-refractivity contribution < 1.29 is 0 Å². The zero-order chi connectivity index (χ0) is 16.1. The SMILES string of the molecule is CCNC=NCCCCCCCCCCCCN=CNCC. The molecule has 0 saturated carbocycles. The molecule has 0 atom stereocenters. The van der Waals surface area contributed by atoms with Gasteiger partial charge in [0.1, 0.15) is 0 Å². The number of nitrogens with one attached hydrogen (secondary N) is 2. The van der Waals surface area contributed by atoms with Crippen LogP contribution >= 0.6 is 0 Å². The highest BCUT2D eigenvalue weighted by Crippen LogP contribution is 2.10. The maximum Gasteiger partial charge on any atom is 0.0823 e. The molecule has 0 radical (unpaired) electrons. The molecule has 0 aromatic rings. The van der Waals surface area contributed by atoms with Gasteiger partial charge in [-0.1, -0.05) is 51.4 Å². The summed E-state index contributed by atoms with van der Waals surface area (Å²) in [5.74, 6) is 0. The second-order valence-corrected chi connectivity index (χ2v) is 5.72. The third-order valence-corrected chi connectivity index (χ3v) is 3.60. The molecule has 4 nitrogen and oxygen atoms in total. The maximum absolute atomic E-state index is 4.31. The molecule has 0 unspecified atom stereocenters. The lowest BCUT2D eigenvalue weighted by Gasteiger charge is -2.02. The molecule has 0 aliphatic rings. The van der Waals surface area contributed by atoms with Gasteiger partial charge in [-0.3, -0.25) is 9.98 Å². The van der Waals surface area contributed by atoms with Crippen LogP contribution in [0, 0.1) is 0 Å². The average molecular weight is 311 g/mol. The van der Waals surface area contributed by atoms with E-state index in [9.17, 15) is 0 Å². The van der Waals surface area contributed by atoms with Crippen LogP contribution in [0.15, 0.2) is 9.98 Å². The van der Waals surface area contributed by atoms with Crippen LogP contribution in [-0.2, 0) is 0 Å². The number of hydrogen-bond acceptors (Lipinski definition) is 2.